The number of carbonyl (C=O) groups is 1. The predicted molar refractivity (Wildman–Crippen MR) is 97.9 cm³/mol. The van der Waals surface area contributed by atoms with Crippen LogP contribution >= 0.6 is 0 Å². The molecule has 0 bridgehead atoms. The molecule has 1 N–H and O–H groups in total. The number of nitrogens with zero attached hydrogens (tertiary/aromatic N) is 1. The Morgan fingerprint density at radius 3 is 2.56 bits per heavy atom. The molecular weight excluding hydrogens is 316 g/mol. The Labute approximate surface area is 150 Å². The zero-order valence-electron chi connectivity index (χ0n) is 15.4. The fourth-order valence-corrected chi connectivity index (χ4v) is 3.71. The molecule has 0 aromatic heterocycles. The van der Waals surface area contributed by atoms with Crippen LogP contribution in [0.5, 0.6) is 5.75 Å². The minimum Gasteiger partial charge on any atom is -0.497 e. The van der Waals surface area contributed by atoms with Crippen LogP contribution in [0.1, 0.15) is 30.7 Å². The summed E-state index contributed by atoms with van der Waals surface area (Å²) in [6.45, 7) is 4.86. The number of nitrogens with one attached hydrogen (secondary N) is 1. The van der Waals surface area contributed by atoms with Crippen LogP contribution in [-0.2, 0) is 9.53 Å². The molecule has 1 heterocycles. The Morgan fingerprint density at radius 2 is 1.92 bits per heavy atom. The molecule has 1 aromatic rings. The largest absolute Gasteiger partial charge is 0.497 e. The van der Waals surface area contributed by atoms with Gasteiger partial charge in [0.05, 0.1) is 13.7 Å². The standard InChI is InChI=1S/C20H30N2O3/c1-24-12-11-22-9-7-15(8-10-22)14-21-20(23)19-13-18(19)16-3-5-17(25-2)6-4-16/h3-6,15,18-19H,7-14H2,1-2H3,(H,21,23)/t18-,19+/m0/s1. The van der Waals surface area contributed by atoms with Gasteiger partial charge in [0, 0.05) is 26.1 Å². The number of hydrogen-bond acceptors (Lipinski definition) is 4. The number of likely N-dealkylation sites (tertiary alicyclic amines) is 1. The molecule has 1 saturated carbocycles. The van der Waals surface area contributed by atoms with Gasteiger partial charge in [-0.3, -0.25) is 4.79 Å². The van der Waals surface area contributed by atoms with E-state index in [9.17, 15) is 4.79 Å². The summed E-state index contributed by atoms with van der Waals surface area (Å²) in [4.78, 5) is 14.8. The molecule has 3 rings (SSSR count). The van der Waals surface area contributed by atoms with Crippen LogP contribution in [-0.4, -0.2) is 57.8 Å². The lowest BCUT2D eigenvalue weighted by atomic mass is 9.96. The molecule has 2 atom stereocenters. The highest BCUT2D eigenvalue weighted by atomic mass is 16.5. The molecule has 1 aromatic carbocycles. The summed E-state index contributed by atoms with van der Waals surface area (Å²) in [5, 5.41) is 3.19. The molecule has 2 aliphatic rings. The average Bonchev–Trinajstić information content (AvgIpc) is 3.46. The molecule has 0 unspecified atom stereocenters. The van der Waals surface area contributed by atoms with Gasteiger partial charge in [-0.1, -0.05) is 12.1 Å². The number of methoxy groups -OCH3 is 2. The topological polar surface area (TPSA) is 50.8 Å². The molecule has 1 aliphatic heterocycles. The summed E-state index contributed by atoms with van der Waals surface area (Å²) in [6, 6.07) is 8.10. The number of piperidine rings is 1. The number of carbonyl (C=O) groups excluding carboxylic acids is 1. The van der Waals surface area contributed by atoms with E-state index in [-0.39, 0.29) is 11.8 Å². The summed E-state index contributed by atoms with van der Waals surface area (Å²) in [6.07, 6.45) is 3.29. The lowest BCUT2D eigenvalue weighted by Crippen LogP contribution is -2.40. The molecule has 5 nitrogen and oxygen atoms in total. The molecule has 2 fully saturated rings. The third-order valence-corrected chi connectivity index (χ3v) is 5.55. The van der Waals surface area contributed by atoms with Gasteiger partial charge >= 0.3 is 0 Å². The van der Waals surface area contributed by atoms with E-state index in [1.54, 1.807) is 14.2 Å². The van der Waals surface area contributed by atoms with Crippen molar-refractivity contribution in [2.75, 3.05) is 47.0 Å². The first kappa shape index (κ1) is 18.2. The van der Waals surface area contributed by atoms with Crippen LogP contribution in [0, 0.1) is 11.8 Å². The van der Waals surface area contributed by atoms with Crippen molar-refractivity contribution >= 4 is 5.91 Å². The van der Waals surface area contributed by atoms with Crippen LogP contribution in [0.25, 0.3) is 0 Å². The van der Waals surface area contributed by atoms with Gasteiger partial charge < -0.3 is 19.7 Å². The lowest BCUT2D eigenvalue weighted by Gasteiger charge is -2.31. The molecule has 25 heavy (non-hydrogen) atoms. The van der Waals surface area contributed by atoms with E-state index in [2.05, 4.69) is 22.3 Å². The summed E-state index contributed by atoms with van der Waals surface area (Å²) in [5.41, 5.74) is 1.24. The van der Waals surface area contributed by atoms with Gasteiger partial charge in [-0.25, -0.2) is 0 Å². The summed E-state index contributed by atoms with van der Waals surface area (Å²) >= 11 is 0. The number of rotatable bonds is 8. The maximum Gasteiger partial charge on any atom is 0.223 e. The minimum atomic E-state index is 0.148. The molecule has 0 spiro atoms. The Morgan fingerprint density at radius 1 is 1.20 bits per heavy atom. The maximum absolute atomic E-state index is 12.4. The summed E-state index contributed by atoms with van der Waals surface area (Å²) < 4.78 is 10.3. The highest BCUT2D eigenvalue weighted by molar-refractivity contribution is 5.82. The van der Waals surface area contributed by atoms with Crippen molar-refractivity contribution in [2.45, 2.75) is 25.2 Å². The lowest BCUT2D eigenvalue weighted by molar-refractivity contribution is -0.122. The molecule has 0 radical (unpaired) electrons. The average molecular weight is 346 g/mol. The van der Waals surface area contributed by atoms with Crippen molar-refractivity contribution in [3.8, 4) is 5.75 Å². The van der Waals surface area contributed by atoms with Crippen LogP contribution in [0.15, 0.2) is 24.3 Å². The SMILES string of the molecule is COCCN1CCC(CNC(=O)[C@@H]2C[C@H]2c2ccc(OC)cc2)CC1. The maximum atomic E-state index is 12.4. The van der Waals surface area contributed by atoms with Gasteiger partial charge in [0.2, 0.25) is 5.91 Å². The van der Waals surface area contributed by atoms with Gasteiger partial charge in [0.1, 0.15) is 5.75 Å². The molecule has 1 aliphatic carbocycles. The smallest absolute Gasteiger partial charge is 0.223 e. The molecule has 1 amide bonds. The van der Waals surface area contributed by atoms with Crippen molar-refractivity contribution in [1.29, 1.82) is 0 Å². The van der Waals surface area contributed by atoms with Gasteiger partial charge in [0.25, 0.3) is 0 Å². The van der Waals surface area contributed by atoms with Crippen molar-refractivity contribution in [2.24, 2.45) is 11.8 Å². The van der Waals surface area contributed by atoms with Crippen LogP contribution in [0.3, 0.4) is 0 Å². The van der Waals surface area contributed by atoms with Crippen molar-refractivity contribution in [3.05, 3.63) is 29.8 Å². The third kappa shape index (κ3) is 4.95. The predicted octanol–water partition coefficient (Wildman–Crippen LogP) is 2.27. The second-order valence-electron chi connectivity index (χ2n) is 7.24. The fourth-order valence-electron chi connectivity index (χ4n) is 3.71. The normalized spacial score (nSPS) is 24.1. The number of amides is 1. The zero-order chi connectivity index (χ0) is 17.6. The second-order valence-corrected chi connectivity index (χ2v) is 7.24. The Balaban J connectivity index is 1.36. The highest BCUT2D eigenvalue weighted by Gasteiger charge is 2.43. The van der Waals surface area contributed by atoms with Crippen molar-refractivity contribution in [1.82, 2.24) is 10.2 Å². The van der Waals surface area contributed by atoms with E-state index in [1.807, 2.05) is 12.1 Å². The van der Waals surface area contributed by atoms with Gasteiger partial charge in [-0.05, 0) is 61.9 Å². The molecule has 5 heteroatoms. The van der Waals surface area contributed by atoms with E-state index in [4.69, 9.17) is 9.47 Å². The van der Waals surface area contributed by atoms with Crippen LogP contribution < -0.4 is 10.1 Å². The third-order valence-electron chi connectivity index (χ3n) is 5.55. The number of benzene rings is 1. The monoisotopic (exact) mass is 346 g/mol. The highest BCUT2D eigenvalue weighted by Crippen LogP contribution is 2.47. The fraction of sp³-hybridized carbons (Fsp3) is 0.650. The van der Waals surface area contributed by atoms with E-state index in [1.165, 1.54) is 5.56 Å². The molecule has 138 valence electrons. The zero-order valence-corrected chi connectivity index (χ0v) is 15.4. The molecular formula is C20H30N2O3. The van der Waals surface area contributed by atoms with E-state index in [0.717, 1.165) is 57.8 Å². The van der Waals surface area contributed by atoms with E-state index >= 15 is 0 Å². The van der Waals surface area contributed by atoms with Crippen LogP contribution in [0.2, 0.25) is 0 Å². The first-order valence-electron chi connectivity index (χ1n) is 9.34. The van der Waals surface area contributed by atoms with E-state index < -0.39 is 0 Å². The van der Waals surface area contributed by atoms with Crippen LogP contribution in [0.4, 0.5) is 0 Å². The Kier molecular flexibility index (Phi) is 6.32. The first-order chi connectivity index (χ1) is 12.2. The number of ether oxygens (including phenoxy) is 2. The Bertz CT molecular complexity index is 553. The number of hydrogen-bond donors (Lipinski definition) is 1. The van der Waals surface area contributed by atoms with Crippen molar-refractivity contribution in [3.63, 3.8) is 0 Å². The van der Waals surface area contributed by atoms with Gasteiger partial charge in [-0.2, -0.15) is 0 Å². The van der Waals surface area contributed by atoms with Gasteiger partial charge in [-0.15, -0.1) is 0 Å². The second kappa shape index (κ2) is 8.68. The van der Waals surface area contributed by atoms with Gasteiger partial charge in [0.15, 0.2) is 0 Å². The minimum absolute atomic E-state index is 0.148. The van der Waals surface area contributed by atoms with E-state index in [0.29, 0.717) is 11.8 Å². The van der Waals surface area contributed by atoms with Crippen molar-refractivity contribution < 1.29 is 14.3 Å². The summed E-state index contributed by atoms with van der Waals surface area (Å²) in [7, 11) is 3.42. The first-order valence-corrected chi connectivity index (χ1v) is 9.34. The quantitative estimate of drug-likeness (QED) is 0.785. The molecule has 1 saturated heterocycles. The summed E-state index contributed by atoms with van der Waals surface area (Å²) in [5.74, 6) is 2.22. The Hall–Kier alpha value is -1.59.